The minimum Gasteiger partial charge on any atom is -0.490 e. The molecule has 2 N–H and O–H groups in total. The normalized spacial score (nSPS) is 13.5. The van der Waals surface area contributed by atoms with Crippen molar-refractivity contribution in [2.75, 3.05) is 13.1 Å². The van der Waals surface area contributed by atoms with Crippen molar-refractivity contribution in [1.82, 2.24) is 30.9 Å². The van der Waals surface area contributed by atoms with Gasteiger partial charge < -0.3 is 29.2 Å². The molecule has 12 heteroatoms. The van der Waals surface area contributed by atoms with Gasteiger partial charge in [-0.3, -0.25) is 0 Å². The lowest BCUT2D eigenvalue weighted by atomic mass is 9.95. The molecule has 0 unspecified atom stereocenters. The van der Waals surface area contributed by atoms with Gasteiger partial charge in [-0.15, -0.1) is 0 Å². The Morgan fingerprint density at radius 2 is 1.21 bits per heavy atom. The Kier molecular flexibility index (Phi) is 10.8. The number of rotatable bonds is 8. The van der Waals surface area contributed by atoms with Gasteiger partial charge in [0.15, 0.2) is 0 Å². The van der Waals surface area contributed by atoms with Crippen LogP contribution in [0.2, 0.25) is 5.02 Å². The maximum Gasteiger partial charge on any atom is 0.258 e. The molecular weight excluding hydrogens is 690 g/mol. The third-order valence-electron chi connectivity index (χ3n) is 8.87. The molecule has 0 atom stereocenters. The molecule has 0 fully saturated rings. The average Bonchev–Trinajstić information content (AvgIpc) is 3.87. The molecule has 0 amide bonds. The van der Waals surface area contributed by atoms with Crippen molar-refractivity contribution in [3.05, 3.63) is 106 Å². The van der Waals surface area contributed by atoms with Crippen molar-refractivity contribution in [2.24, 2.45) is 0 Å². The van der Waals surface area contributed by atoms with E-state index in [-0.39, 0.29) is 12.2 Å². The van der Waals surface area contributed by atoms with E-state index in [1.807, 2.05) is 70.2 Å². The molecule has 53 heavy (non-hydrogen) atoms. The molecule has 8 rings (SSSR count). The molecule has 2 aliphatic heterocycles. The fourth-order valence-corrected chi connectivity index (χ4v) is 6.70. The van der Waals surface area contributed by atoms with Crippen molar-refractivity contribution < 1.29 is 18.5 Å². The van der Waals surface area contributed by atoms with Gasteiger partial charge in [0.1, 0.15) is 17.6 Å². The predicted octanol–water partition coefficient (Wildman–Crippen LogP) is 8.20. The molecule has 2 aromatic heterocycles. The third-order valence-corrected chi connectivity index (χ3v) is 9.16. The van der Waals surface area contributed by atoms with E-state index >= 15 is 0 Å². The van der Waals surface area contributed by atoms with Crippen molar-refractivity contribution >= 4 is 11.6 Å². The topological polar surface area (TPSA) is 144 Å². The van der Waals surface area contributed by atoms with E-state index in [4.69, 9.17) is 30.1 Å². The van der Waals surface area contributed by atoms with E-state index in [1.165, 1.54) is 22.3 Å². The van der Waals surface area contributed by atoms with Crippen LogP contribution in [-0.2, 0) is 25.9 Å². The molecular formula is C41H40ClN7O4. The Bertz CT molecular complexity index is 2270. The second-order valence-corrected chi connectivity index (χ2v) is 13.8. The van der Waals surface area contributed by atoms with Crippen molar-refractivity contribution in [3.63, 3.8) is 0 Å². The number of hydrogen-bond acceptors (Lipinski definition) is 11. The second kappa shape index (κ2) is 16.0. The van der Waals surface area contributed by atoms with Crippen LogP contribution < -0.4 is 20.1 Å². The van der Waals surface area contributed by atoms with E-state index in [9.17, 15) is 5.26 Å². The number of halogens is 1. The summed E-state index contributed by atoms with van der Waals surface area (Å²) >= 11 is 6.32. The molecule has 270 valence electrons. The molecule has 0 radical (unpaired) electrons. The van der Waals surface area contributed by atoms with Crippen LogP contribution in [0.4, 0.5) is 0 Å². The molecule has 4 heterocycles. The zero-order valence-electron chi connectivity index (χ0n) is 30.1. The SMILES string of the molecule is CC(C)Oc1ccc(-c2nc(-c3cccc4c3CCNC4)no2)cc1C#N.CC(C)Oc1ccc(-c2nc(-c3cccc4c3CCNC4)no2)cc1Cl. The number of nitrogens with zero attached hydrogens (tertiary/aromatic N) is 5. The first kappa shape index (κ1) is 35.8. The summed E-state index contributed by atoms with van der Waals surface area (Å²) in [6.07, 6.45) is 1.96. The number of ether oxygens (including phenoxy) is 2. The van der Waals surface area contributed by atoms with Crippen LogP contribution in [0.1, 0.15) is 55.5 Å². The van der Waals surface area contributed by atoms with E-state index in [0.29, 0.717) is 51.1 Å². The molecule has 0 saturated carbocycles. The van der Waals surface area contributed by atoms with Gasteiger partial charge in [0.2, 0.25) is 11.6 Å². The monoisotopic (exact) mass is 729 g/mol. The van der Waals surface area contributed by atoms with Gasteiger partial charge in [0, 0.05) is 35.3 Å². The number of hydrogen-bond donors (Lipinski definition) is 2. The van der Waals surface area contributed by atoms with Gasteiger partial charge in [-0.05, 0) is 112 Å². The van der Waals surface area contributed by atoms with Gasteiger partial charge in [0.25, 0.3) is 11.8 Å². The zero-order valence-corrected chi connectivity index (χ0v) is 30.8. The van der Waals surface area contributed by atoms with Crippen LogP contribution in [0.5, 0.6) is 11.5 Å². The highest BCUT2D eigenvalue weighted by Crippen LogP contribution is 2.34. The molecule has 4 aromatic carbocycles. The largest absolute Gasteiger partial charge is 0.490 e. The Balaban J connectivity index is 0.000000164. The molecule has 0 saturated heterocycles. The Morgan fingerprint density at radius 1 is 0.698 bits per heavy atom. The van der Waals surface area contributed by atoms with Crippen LogP contribution in [0.25, 0.3) is 45.7 Å². The molecule has 0 bridgehead atoms. The summed E-state index contributed by atoms with van der Waals surface area (Å²) in [5.74, 6) is 3.23. The Morgan fingerprint density at radius 3 is 1.72 bits per heavy atom. The Labute approximate surface area is 313 Å². The fraction of sp³-hybridized carbons (Fsp3) is 0.293. The van der Waals surface area contributed by atoms with Crippen LogP contribution in [0, 0.1) is 11.3 Å². The Hall–Kier alpha value is -5.54. The van der Waals surface area contributed by atoms with Crippen LogP contribution in [-0.4, -0.2) is 45.6 Å². The van der Waals surface area contributed by atoms with Gasteiger partial charge in [0.05, 0.1) is 22.8 Å². The molecule has 2 aliphatic rings. The smallest absolute Gasteiger partial charge is 0.258 e. The fourth-order valence-electron chi connectivity index (χ4n) is 6.47. The van der Waals surface area contributed by atoms with Crippen molar-refractivity contribution in [1.29, 1.82) is 5.26 Å². The highest BCUT2D eigenvalue weighted by molar-refractivity contribution is 6.32. The quantitative estimate of drug-likeness (QED) is 0.156. The number of benzene rings is 4. The zero-order chi connectivity index (χ0) is 36.9. The highest BCUT2D eigenvalue weighted by Gasteiger charge is 2.21. The minimum atomic E-state index is -0.00305. The predicted molar refractivity (Wildman–Crippen MR) is 202 cm³/mol. The first-order valence-electron chi connectivity index (χ1n) is 17.8. The van der Waals surface area contributed by atoms with Crippen molar-refractivity contribution in [2.45, 2.75) is 65.8 Å². The lowest BCUT2D eigenvalue weighted by Crippen LogP contribution is -2.24. The molecule has 6 aromatic rings. The van der Waals surface area contributed by atoms with Crippen LogP contribution in [0.15, 0.2) is 81.8 Å². The summed E-state index contributed by atoms with van der Waals surface area (Å²) in [6, 6.07) is 25.4. The highest BCUT2D eigenvalue weighted by atomic mass is 35.5. The maximum atomic E-state index is 9.42. The summed E-state index contributed by atoms with van der Waals surface area (Å²) in [4.78, 5) is 9.17. The van der Waals surface area contributed by atoms with E-state index in [2.05, 4.69) is 49.1 Å². The standard InChI is InChI=1S/C21H20N4O2.C20H20ClN3O2/c1-13(2)26-19-7-6-14(10-16(19)11-22)21-24-20(25-27-21)18-5-3-4-15-12-23-9-8-17(15)18;1-12(2)25-18-7-6-13(10-17(18)21)20-23-19(24-26-20)16-5-3-4-14-11-22-9-8-15(14)16/h3-7,10,13,23H,8-9,12H2,1-2H3;3-7,10,12,22H,8-9,11H2,1-2H3. The summed E-state index contributed by atoms with van der Waals surface area (Å²) < 4.78 is 22.3. The maximum absolute atomic E-state index is 9.42. The summed E-state index contributed by atoms with van der Waals surface area (Å²) in [7, 11) is 0. The van der Waals surface area contributed by atoms with Gasteiger partial charge in [-0.25, -0.2) is 0 Å². The second-order valence-electron chi connectivity index (χ2n) is 13.4. The summed E-state index contributed by atoms with van der Waals surface area (Å²) in [5.41, 5.74) is 9.08. The van der Waals surface area contributed by atoms with Crippen LogP contribution >= 0.6 is 11.6 Å². The molecule has 11 nitrogen and oxygen atoms in total. The number of nitrogens with one attached hydrogen (secondary N) is 2. The number of nitriles is 1. The minimum absolute atomic E-state index is 0.00305. The van der Waals surface area contributed by atoms with E-state index in [0.717, 1.165) is 55.7 Å². The van der Waals surface area contributed by atoms with E-state index < -0.39 is 0 Å². The lowest BCUT2D eigenvalue weighted by molar-refractivity contribution is 0.241. The average molecular weight is 730 g/mol. The lowest BCUT2D eigenvalue weighted by Gasteiger charge is -2.18. The first-order valence-corrected chi connectivity index (χ1v) is 18.1. The molecule has 0 spiro atoms. The summed E-state index contributed by atoms with van der Waals surface area (Å²) in [5, 5.41) is 25.1. The van der Waals surface area contributed by atoms with Gasteiger partial charge in [-0.2, -0.15) is 15.2 Å². The summed E-state index contributed by atoms with van der Waals surface area (Å²) in [6.45, 7) is 11.4. The van der Waals surface area contributed by atoms with Crippen molar-refractivity contribution in [3.8, 4) is 63.3 Å². The first-order chi connectivity index (χ1) is 25.8. The van der Waals surface area contributed by atoms with Gasteiger partial charge >= 0.3 is 0 Å². The van der Waals surface area contributed by atoms with Crippen LogP contribution in [0.3, 0.4) is 0 Å². The number of fused-ring (bicyclic) bond motifs is 2. The van der Waals surface area contributed by atoms with E-state index in [1.54, 1.807) is 18.2 Å². The number of aromatic nitrogens is 4. The third kappa shape index (κ3) is 8.10. The van der Waals surface area contributed by atoms with Gasteiger partial charge in [-0.1, -0.05) is 58.3 Å². The molecule has 0 aliphatic carbocycles.